The molecule has 1 aromatic carbocycles. The van der Waals surface area contributed by atoms with E-state index < -0.39 is 0 Å². The molecule has 0 radical (unpaired) electrons. The standard InChI is InChI=1S/C12H11ClIN3O/c1-17(10-5-3-2-4-8(10)7-18)11-9(14)6-15-12(13)16-11/h2-6,18H,7H2,1H3. The molecular formula is C12H11ClIN3O. The lowest BCUT2D eigenvalue weighted by Gasteiger charge is -2.21. The fourth-order valence-corrected chi connectivity index (χ4v) is 2.41. The van der Waals surface area contributed by atoms with Crippen molar-refractivity contribution >= 4 is 45.7 Å². The molecule has 18 heavy (non-hydrogen) atoms. The molecule has 0 atom stereocenters. The van der Waals surface area contributed by atoms with E-state index in [1.165, 1.54) is 0 Å². The van der Waals surface area contributed by atoms with E-state index in [4.69, 9.17) is 11.6 Å². The highest BCUT2D eigenvalue weighted by molar-refractivity contribution is 14.1. The molecule has 0 fully saturated rings. The molecule has 2 aromatic rings. The van der Waals surface area contributed by atoms with Gasteiger partial charge in [0, 0.05) is 24.5 Å². The molecule has 1 N–H and O–H groups in total. The van der Waals surface area contributed by atoms with Crippen LogP contribution in [0.1, 0.15) is 5.56 Å². The summed E-state index contributed by atoms with van der Waals surface area (Å²) in [6.07, 6.45) is 1.67. The SMILES string of the molecule is CN(c1ccccc1CO)c1nc(Cl)ncc1I. The number of benzene rings is 1. The third kappa shape index (κ3) is 2.73. The molecule has 1 heterocycles. The molecule has 94 valence electrons. The van der Waals surface area contributed by atoms with Gasteiger partial charge in [0.15, 0.2) is 5.82 Å². The lowest BCUT2D eigenvalue weighted by molar-refractivity contribution is 0.282. The van der Waals surface area contributed by atoms with Crippen molar-refractivity contribution in [1.82, 2.24) is 9.97 Å². The van der Waals surface area contributed by atoms with Crippen LogP contribution in [0, 0.1) is 3.57 Å². The monoisotopic (exact) mass is 375 g/mol. The summed E-state index contributed by atoms with van der Waals surface area (Å²) >= 11 is 7.98. The van der Waals surface area contributed by atoms with E-state index in [9.17, 15) is 5.11 Å². The predicted octanol–water partition coefficient (Wildman–Crippen LogP) is 2.99. The van der Waals surface area contributed by atoms with E-state index >= 15 is 0 Å². The van der Waals surface area contributed by atoms with Gasteiger partial charge in [-0.15, -0.1) is 0 Å². The van der Waals surface area contributed by atoms with E-state index in [-0.39, 0.29) is 11.9 Å². The maximum atomic E-state index is 9.35. The van der Waals surface area contributed by atoms with Gasteiger partial charge in [0.1, 0.15) is 0 Å². The number of halogens is 2. The van der Waals surface area contributed by atoms with E-state index in [1.54, 1.807) is 6.20 Å². The number of hydrogen-bond acceptors (Lipinski definition) is 4. The van der Waals surface area contributed by atoms with Gasteiger partial charge in [0.25, 0.3) is 0 Å². The van der Waals surface area contributed by atoms with Crippen LogP contribution in [0.4, 0.5) is 11.5 Å². The van der Waals surface area contributed by atoms with E-state index in [2.05, 4.69) is 32.6 Å². The van der Waals surface area contributed by atoms with Crippen LogP contribution in [0.2, 0.25) is 5.28 Å². The van der Waals surface area contributed by atoms with Crippen LogP contribution in [0.5, 0.6) is 0 Å². The van der Waals surface area contributed by atoms with Gasteiger partial charge in [-0.2, -0.15) is 4.98 Å². The number of hydrogen-bond donors (Lipinski definition) is 1. The second-order valence-corrected chi connectivity index (χ2v) is 5.16. The summed E-state index contributed by atoms with van der Waals surface area (Å²) in [7, 11) is 1.88. The van der Waals surface area contributed by atoms with Crippen molar-refractivity contribution in [3.63, 3.8) is 0 Å². The van der Waals surface area contributed by atoms with Crippen LogP contribution in [-0.4, -0.2) is 22.1 Å². The van der Waals surface area contributed by atoms with Crippen molar-refractivity contribution in [1.29, 1.82) is 0 Å². The molecule has 6 heteroatoms. The lowest BCUT2D eigenvalue weighted by atomic mass is 10.1. The molecule has 0 unspecified atom stereocenters. The summed E-state index contributed by atoms with van der Waals surface area (Å²) in [4.78, 5) is 10.0. The van der Waals surface area contributed by atoms with Crippen molar-refractivity contribution in [3.8, 4) is 0 Å². The van der Waals surface area contributed by atoms with E-state index in [1.807, 2.05) is 36.2 Å². The van der Waals surface area contributed by atoms with Crippen molar-refractivity contribution < 1.29 is 5.11 Å². The van der Waals surface area contributed by atoms with Crippen molar-refractivity contribution in [2.24, 2.45) is 0 Å². The number of aromatic nitrogens is 2. The third-order valence-corrected chi connectivity index (χ3v) is 3.48. The Morgan fingerprint density at radius 3 is 2.83 bits per heavy atom. The Hall–Kier alpha value is -0.920. The number of anilines is 2. The molecule has 0 saturated heterocycles. The van der Waals surface area contributed by atoms with Gasteiger partial charge >= 0.3 is 0 Å². The number of aliphatic hydroxyl groups excluding tert-OH is 1. The van der Waals surface area contributed by atoms with Crippen LogP contribution in [-0.2, 0) is 6.61 Å². The molecule has 0 amide bonds. The first-order valence-corrected chi connectivity index (χ1v) is 6.69. The Bertz CT molecular complexity index is 565. The molecule has 0 aliphatic carbocycles. The van der Waals surface area contributed by atoms with Crippen molar-refractivity contribution in [3.05, 3.63) is 44.9 Å². The first-order valence-electron chi connectivity index (χ1n) is 5.24. The molecule has 1 aromatic heterocycles. The van der Waals surface area contributed by atoms with Gasteiger partial charge in [0.05, 0.1) is 10.2 Å². The summed E-state index contributed by atoms with van der Waals surface area (Å²) in [5, 5.41) is 9.56. The van der Waals surface area contributed by atoms with Gasteiger partial charge < -0.3 is 10.0 Å². The lowest BCUT2D eigenvalue weighted by Crippen LogP contribution is -2.15. The first kappa shape index (κ1) is 13.5. The van der Waals surface area contributed by atoms with Crippen molar-refractivity contribution in [2.45, 2.75) is 6.61 Å². The van der Waals surface area contributed by atoms with Crippen LogP contribution < -0.4 is 4.90 Å². The number of aliphatic hydroxyl groups is 1. The zero-order chi connectivity index (χ0) is 13.1. The quantitative estimate of drug-likeness (QED) is 0.662. The maximum Gasteiger partial charge on any atom is 0.224 e. The molecule has 0 bridgehead atoms. The molecule has 0 spiro atoms. The van der Waals surface area contributed by atoms with Crippen LogP contribution >= 0.6 is 34.2 Å². The van der Waals surface area contributed by atoms with Crippen LogP contribution in [0.25, 0.3) is 0 Å². The largest absolute Gasteiger partial charge is 0.392 e. The molecule has 0 aliphatic rings. The fourth-order valence-electron chi connectivity index (χ4n) is 1.66. The Morgan fingerprint density at radius 1 is 1.39 bits per heavy atom. The predicted molar refractivity (Wildman–Crippen MR) is 80.2 cm³/mol. The van der Waals surface area contributed by atoms with E-state index in [0.29, 0.717) is 0 Å². The average Bonchev–Trinajstić information content (AvgIpc) is 2.40. The molecular weight excluding hydrogens is 365 g/mol. The van der Waals surface area contributed by atoms with Gasteiger partial charge in [-0.25, -0.2) is 4.98 Å². The minimum atomic E-state index is -0.0179. The maximum absolute atomic E-state index is 9.35. The summed E-state index contributed by atoms with van der Waals surface area (Å²) in [5.41, 5.74) is 1.73. The smallest absolute Gasteiger partial charge is 0.224 e. The van der Waals surface area contributed by atoms with Gasteiger partial charge in [0.2, 0.25) is 5.28 Å². The summed E-state index contributed by atoms with van der Waals surface area (Å²) in [6, 6.07) is 7.61. The number of nitrogens with zero attached hydrogens (tertiary/aromatic N) is 3. The second-order valence-electron chi connectivity index (χ2n) is 3.66. The topological polar surface area (TPSA) is 49.2 Å². The van der Waals surface area contributed by atoms with Gasteiger partial charge in [-0.1, -0.05) is 18.2 Å². The highest BCUT2D eigenvalue weighted by Gasteiger charge is 2.13. The minimum absolute atomic E-state index is 0.0179. The summed E-state index contributed by atoms with van der Waals surface area (Å²) < 4.78 is 0.896. The fraction of sp³-hybridized carbons (Fsp3) is 0.167. The zero-order valence-corrected chi connectivity index (χ0v) is 12.6. The highest BCUT2D eigenvalue weighted by Crippen LogP contribution is 2.29. The molecule has 0 aliphatic heterocycles. The zero-order valence-electron chi connectivity index (χ0n) is 9.64. The Morgan fingerprint density at radius 2 is 2.11 bits per heavy atom. The normalized spacial score (nSPS) is 10.4. The molecule has 4 nitrogen and oxygen atoms in total. The van der Waals surface area contributed by atoms with Gasteiger partial charge in [-0.05, 0) is 40.3 Å². The Kier molecular flexibility index (Phi) is 4.36. The summed E-state index contributed by atoms with van der Waals surface area (Å²) in [5.74, 6) is 0.719. The number of rotatable bonds is 3. The molecule has 0 saturated carbocycles. The van der Waals surface area contributed by atoms with Crippen molar-refractivity contribution in [2.75, 3.05) is 11.9 Å². The van der Waals surface area contributed by atoms with Crippen LogP contribution in [0.15, 0.2) is 30.5 Å². The highest BCUT2D eigenvalue weighted by atomic mass is 127. The molecule has 2 rings (SSSR count). The van der Waals surface area contributed by atoms with Crippen LogP contribution in [0.3, 0.4) is 0 Å². The summed E-state index contributed by atoms with van der Waals surface area (Å²) in [6.45, 7) is -0.0179. The minimum Gasteiger partial charge on any atom is -0.392 e. The third-order valence-electron chi connectivity index (χ3n) is 2.54. The van der Waals surface area contributed by atoms with Gasteiger partial charge in [-0.3, -0.25) is 0 Å². The first-order chi connectivity index (χ1) is 8.63. The van der Waals surface area contributed by atoms with E-state index in [0.717, 1.165) is 20.6 Å². The Balaban J connectivity index is 2.47. The second kappa shape index (κ2) is 5.81. The average molecular weight is 376 g/mol. The Labute approximate surface area is 124 Å². The number of para-hydroxylation sites is 1.